The fraction of sp³-hybridized carbons (Fsp3) is 0.357. The summed E-state index contributed by atoms with van der Waals surface area (Å²) >= 11 is 0. The molecule has 2 aromatic rings. The number of alkyl halides is 1. The van der Waals surface area contributed by atoms with Crippen molar-refractivity contribution < 1.29 is 9.18 Å². The zero-order valence-corrected chi connectivity index (χ0v) is 9.88. The minimum atomic E-state index is -1.11. The minimum absolute atomic E-state index is 0.0383. The minimum Gasteiger partial charge on any atom is -0.355 e. The Morgan fingerprint density at radius 2 is 2.06 bits per heavy atom. The lowest BCUT2D eigenvalue weighted by Gasteiger charge is -2.32. The zero-order chi connectivity index (χ0) is 12.2. The fourth-order valence-electron chi connectivity index (χ4n) is 2.64. The zero-order valence-electron chi connectivity index (χ0n) is 9.88. The van der Waals surface area contributed by atoms with Gasteiger partial charge in [-0.2, -0.15) is 0 Å². The fourth-order valence-corrected chi connectivity index (χ4v) is 2.64. The van der Waals surface area contributed by atoms with Crippen LogP contribution >= 0.6 is 0 Å². The van der Waals surface area contributed by atoms with E-state index in [4.69, 9.17) is 0 Å². The first-order valence-electron chi connectivity index (χ1n) is 5.78. The van der Waals surface area contributed by atoms with Crippen molar-refractivity contribution in [2.24, 2.45) is 5.41 Å². The van der Waals surface area contributed by atoms with E-state index in [0.29, 0.717) is 11.3 Å². The number of benzene rings is 1. The second-order valence-electron chi connectivity index (χ2n) is 5.41. The molecule has 0 aliphatic heterocycles. The SMILES string of the molecule is CC1(C)CC(=O)c2c([nH]c3ccccc23)C1F. The Balaban J connectivity index is 2.34. The van der Waals surface area contributed by atoms with E-state index in [2.05, 4.69) is 4.98 Å². The second-order valence-corrected chi connectivity index (χ2v) is 5.41. The van der Waals surface area contributed by atoms with Crippen molar-refractivity contribution in [3.63, 3.8) is 0 Å². The molecule has 1 aliphatic carbocycles. The van der Waals surface area contributed by atoms with Gasteiger partial charge in [0.1, 0.15) is 6.17 Å². The smallest absolute Gasteiger partial charge is 0.166 e. The molecular formula is C14H14FNO. The molecule has 1 atom stereocenters. The van der Waals surface area contributed by atoms with Gasteiger partial charge in [-0.1, -0.05) is 32.0 Å². The summed E-state index contributed by atoms with van der Waals surface area (Å²) in [5, 5.41) is 0.839. The molecule has 0 amide bonds. The van der Waals surface area contributed by atoms with Gasteiger partial charge in [-0.25, -0.2) is 4.39 Å². The maximum absolute atomic E-state index is 14.4. The highest BCUT2D eigenvalue weighted by molar-refractivity contribution is 6.10. The van der Waals surface area contributed by atoms with E-state index in [1.165, 1.54) is 0 Å². The van der Waals surface area contributed by atoms with Gasteiger partial charge in [0.2, 0.25) is 0 Å². The number of Topliss-reactive ketones (excluding diaryl/α,β-unsaturated/α-hetero) is 1. The van der Waals surface area contributed by atoms with Gasteiger partial charge in [0, 0.05) is 28.3 Å². The molecule has 1 aromatic heterocycles. The Kier molecular flexibility index (Phi) is 1.97. The third kappa shape index (κ3) is 1.35. The van der Waals surface area contributed by atoms with Crippen LogP contribution in [0.4, 0.5) is 4.39 Å². The van der Waals surface area contributed by atoms with Crippen molar-refractivity contribution in [2.45, 2.75) is 26.4 Å². The molecule has 0 spiro atoms. The van der Waals surface area contributed by atoms with Crippen molar-refractivity contribution >= 4 is 16.7 Å². The molecule has 0 radical (unpaired) electrons. The molecule has 0 fully saturated rings. The number of nitrogens with one attached hydrogen (secondary N) is 1. The Morgan fingerprint density at radius 1 is 1.35 bits per heavy atom. The summed E-state index contributed by atoms with van der Waals surface area (Å²) in [6, 6.07) is 7.50. The third-order valence-corrected chi connectivity index (χ3v) is 3.57. The van der Waals surface area contributed by atoms with Gasteiger partial charge in [-0.05, 0) is 6.07 Å². The average molecular weight is 231 g/mol. The largest absolute Gasteiger partial charge is 0.355 e. The van der Waals surface area contributed by atoms with Gasteiger partial charge < -0.3 is 4.98 Å². The number of aromatic amines is 1. The Morgan fingerprint density at radius 3 is 2.82 bits per heavy atom. The lowest BCUT2D eigenvalue weighted by Crippen LogP contribution is -2.29. The Labute approximate surface area is 98.8 Å². The molecule has 2 nitrogen and oxygen atoms in total. The summed E-state index contributed by atoms with van der Waals surface area (Å²) in [6.07, 6.45) is -0.842. The van der Waals surface area contributed by atoms with E-state index in [1.54, 1.807) is 13.8 Å². The standard InChI is InChI=1S/C14H14FNO/c1-14(2)7-10(17)11-8-5-3-4-6-9(8)16-12(11)13(14)15/h3-6,13,16H,7H2,1-2H3. The van der Waals surface area contributed by atoms with Gasteiger partial charge in [0.15, 0.2) is 5.78 Å². The summed E-state index contributed by atoms with van der Waals surface area (Å²) < 4.78 is 14.4. The number of hydrogen-bond acceptors (Lipinski definition) is 1. The molecule has 1 unspecified atom stereocenters. The summed E-state index contributed by atoms with van der Waals surface area (Å²) in [4.78, 5) is 15.2. The highest BCUT2D eigenvalue weighted by atomic mass is 19.1. The molecule has 1 aromatic carbocycles. The summed E-state index contributed by atoms with van der Waals surface area (Å²) in [5.41, 5.74) is 1.22. The van der Waals surface area contributed by atoms with E-state index in [1.807, 2.05) is 24.3 Å². The molecule has 1 N–H and O–H groups in total. The molecule has 0 saturated carbocycles. The quantitative estimate of drug-likeness (QED) is 0.735. The second kappa shape index (κ2) is 3.19. The highest BCUT2D eigenvalue weighted by Gasteiger charge is 2.42. The lowest BCUT2D eigenvalue weighted by atomic mass is 9.74. The van der Waals surface area contributed by atoms with Crippen LogP contribution in [0.3, 0.4) is 0 Å². The van der Waals surface area contributed by atoms with Crippen molar-refractivity contribution in [3.8, 4) is 0 Å². The van der Waals surface area contributed by atoms with Crippen LogP contribution in [0.25, 0.3) is 10.9 Å². The third-order valence-electron chi connectivity index (χ3n) is 3.57. The van der Waals surface area contributed by atoms with Crippen molar-refractivity contribution in [1.29, 1.82) is 0 Å². The molecular weight excluding hydrogens is 217 g/mol. The predicted molar refractivity (Wildman–Crippen MR) is 64.9 cm³/mol. The number of fused-ring (bicyclic) bond motifs is 3. The van der Waals surface area contributed by atoms with Crippen LogP contribution in [0.5, 0.6) is 0 Å². The topological polar surface area (TPSA) is 32.9 Å². The number of ketones is 1. The maximum Gasteiger partial charge on any atom is 0.166 e. The van der Waals surface area contributed by atoms with Crippen LogP contribution in [0.2, 0.25) is 0 Å². The van der Waals surface area contributed by atoms with Gasteiger partial charge in [0.05, 0.1) is 5.69 Å². The molecule has 3 rings (SSSR count). The highest BCUT2D eigenvalue weighted by Crippen LogP contribution is 2.47. The van der Waals surface area contributed by atoms with Gasteiger partial charge in [0.25, 0.3) is 0 Å². The predicted octanol–water partition coefficient (Wildman–Crippen LogP) is 3.79. The molecule has 17 heavy (non-hydrogen) atoms. The van der Waals surface area contributed by atoms with Crippen molar-refractivity contribution in [1.82, 2.24) is 4.98 Å². The molecule has 88 valence electrons. The van der Waals surface area contributed by atoms with Crippen LogP contribution in [0, 0.1) is 5.41 Å². The van der Waals surface area contributed by atoms with E-state index in [-0.39, 0.29) is 12.2 Å². The number of H-pyrrole nitrogens is 1. The number of carbonyl (C=O) groups excluding carboxylic acids is 1. The molecule has 1 aliphatic rings. The first-order valence-corrected chi connectivity index (χ1v) is 5.78. The monoisotopic (exact) mass is 231 g/mol. The van der Waals surface area contributed by atoms with Crippen LogP contribution < -0.4 is 0 Å². The summed E-state index contributed by atoms with van der Waals surface area (Å²) in [5.74, 6) is 0.0383. The first kappa shape index (κ1) is 10.5. The van der Waals surface area contributed by atoms with Crippen LogP contribution in [-0.4, -0.2) is 10.8 Å². The Bertz CT molecular complexity index is 612. The van der Waals surface area contributed by atoms with Crippen LogP contribution in [0.1, 0.15) is 42.5 Å². The van der Waals surface area contributed by atoms with Gasteiger partial charge >= 0.3 is 0 Å². The first-order chi connectivity index (χ1) is 8.00. The lowest BCUT2D eigenvalue weighted by molar-refractivity contribution is 0.0743. The van der Waals surface area contributed by atoms with Gasteiger partial charge in [-0.15, -0.1) is 0 Å². The van der Waals surface area contributed by atoms with Crippen molar-refractivity contribution in [2.75, 3.05) is 0 Å². The normalized spacial score (nSPS) is 22.8. The van der Waals surface area contributed by atoms with Crippen LogP contribution in [0.15, 0.2) is 24.3 Å². The van der Waals surface area contributed by atoms with E-state index < -0.39 is 11.6 Å². The van der Waals surface area contributed by atoms with Crippen LogP contribution in [-0.2, 0) is 0 Å². The molecule has 1 heterocycles. The number of para-hydroxylation sites is 1. The Hall–Kier alpha value is -1.64. The van der Waals surface area contributed by atoms with Gasteiger partial charge in [-0.3, -0.25) is 4.79 Å². The van der Waals surface area contributed by atoms with E-state index in [9.17, 15) is 9.18 Å². The number of carbonyl (C=O) groups is 1. The van der Waals surface area contributed by atoms with E-state index in [0.717, 1.165) is 10.9 Å². The number of halogens is 1. The summed E-state index contributed by atoms with van der Waals surface area (Å²) in [6.45, 7) is 3.59. The van der Waals surface area contributed by atoms with Crippen molar-refractivity contribution in [3.05, 3.63) is 35.5 Å². The molecule has 0 saturated heterocycles. The number of hydrogen-bond donors (Lipinski definition) is 1. The van der Waals surface area contributed by atoms with E-state index >= 15 is 0 Å². The molecule has 3 heteroatoms. The molecule has 0 bridgehead atoms. The number of aromatic nitrogens is 1. The number of rotatable bonds is 0. The average Bonchev–Trinajstić information content (AvgIpc) is 2.65. The maximum atomic E-state index is 14.4. The summed E-state index contributed by atoms with van der Waals surface area (Å²) in [7, 11) is 0.